The van der Waals surface area contributed by atoms with E-state index in [-0.39, 0.29) is 0 Å². The Morgan fingerprint density at radius 3 is 2.35 bits per heavy atom. The molecule has 0 spiro atoms. The minimum Gasteiger partial charge on any atom is -0.492 e. The van der Waals surface area contributed by atoms with Crippen LogP contribution in [0, 0.1) is 6.92 Å². The first-order valence-electron chi connectivity index (χ1n) is 5.80. The molecule has 88 valence electrons. The maximum absolute atomic E-state index is 5.45. The summed E-state index contributed by atoms with van der Waals surface area (Å²) in [4.78, 5) is 0. The Balaban J connectivity index is 2.21. The van der Waals surface area contributed by atoms with Crippen molar-refractivity contribution in [3.05, 3.63) is 54.1 Å². The molecule has 17 heavy (non-hydrogen) atoms. The monoisotopic (exact) mass is 227 g/mol. The van der Waals surface area contributed by atoms with Crippen LogP contribution in [0.15, 0.2) is 48.5 Å². The third kappa shape index (κ3) is 2.86. The summed E-state index contributed by atoms with van der Waals surface area (Å²) >= 11 is 0. The highest BCUT2D eigenvalue weighted by Crippen LogP contribution is 2.25. The molecule has 0 unspecified atom stereocenters. The van der Waals surface area contributed by atoms with Crippen molar-refractivity contribution in [3.8, 4) is 16.9 Å². The van der Waals surface area contributed by atoms with E-state index in [1.807, 2.05) is 12.1 Å². The number of hydrogen-bond acceptors (Lipinski definition) is 2. The first-order chi connectivity index (χ1) is 8.31. The summed E-state index contributed by atoms with van der Waals surface area (Å²) in [7, 11) is 0. The van der Waals surface area contributed by atoms with E-state index >= 15 is 0 Å². The first-order valence-corrected chi connectivity index (χ1v) is 5.80. The van der Waals surface area contributed by atoms with Gasteiger partial charge in [-0.05, 0) is 35.7 Å². The molecule has 2 rings (SSSR count). The molecular formula is C15H17NO. The molecule has 2 nitrogen and oxygen atoms in total. The number of benzene rings is 2. The van der Waals surface area contributed by atoms with E-state index in [9.17, 15) is 0 Å². The Morgan fingerprint density at radius 1 is 1.00 bits per heavy atom. The molecule has 2 heteroatoms. The molecule has 0 aromatic heterocycles. The highest BCUT2D eigenvalue weighted by Gasteiger charge is 2.01. The molecule has 2 aromatic rings. The number of aryl methyl sites for hydroxylation is 1. The average molecular weight is 227 g/mol. The molecule has 0 aliphatic heterocycles. The minimum absolute atomic E-state index is 0.541. The highest BCUT2D eigenvalue weighted by molar-refractivity contribution is 5.67. The first kappa shape index (κ1) is 11.7. The maximum atomic E-state index is 5.45. The molecule has 2 aromatic carbocycles. The summed E-state index contributed by atoms with van der Waals surface area (Å²) in [6.07, 6.45) is 0. The Hall–Kier alpha value is -1.80. The predicted octanol–water partition coefficient (Wildman–Crippen LogP) is 3.00. The number of ether oxygens (including phenoxy) is 1. The fraction of sp³-hybridized carbons (Fsp3) is 0.200. The molecule has 0 radical (unpaired) electrons. The summed E-state index contributed by atoms with van der Waals surface area (Å²) in [5, 5.41) is 0. The number of rotatable bonds is 4. The Morgan fingerprint density at radius 2 is 1.71 bits per heavy atom. The van der Waals surface area contributed by atoms with Gasteiger partial charge in [0.1, 0.15) is 12.4 Å². The number of hydrogen-bond donors (Lipinski definition) is 1. The Kier molecular flexibility index (Phi) is 3.78. The van der Waals surface area contributed by atoms with E-state index < -0.39 is 0 Å². The Labute approximate surface area is 102 Å². The lowest BCUT2D eigenvalue weighted by Crippen LogP contribution is -2.10. The smallest absolute Gasteiger partial charge is 0.119 e. The summed E-state index contributed by atoms with van der Waals surface area (Å²) in [6, 6.07) is 16.5. The van der Waals surface area contributed by atoms with Crippen LogP contribution in [0.3, 0.4) is 0 Å². The third-order valence-electron chi connectivity index (χ3n) is 2.70. The molecular weight excluding hydrogens is 210 g/mol. The lowest BCUT2D eigenvalue weighted by atomic mass is 10.0. The molecule has 0 amide bonds. The normalized spacial score (nSPS) is 10.2. The van der Waals surface area contributed by atoms with Gasteiger partial charge in [-0.25, -0.2) is 0 Å². The van der Waals surface area contributed by atoms with Crippen LogP contribution in [0.5, 0.6) is 5.75 Å². The molecule has 0 heterocycles. The summed E-state index contributed by atoms with van der Waals surface area (Å²) in [5.74, 6) is 0.868. The van der Waals surface area contributed by atoms with Gasteiger partial charge in [0.25, 0.3) is 0 Å². The summed E-state index contributed by atoms with van der Waals surface area (Å²) in [5.41, 5.74) is 9.15. The SMILES string of the molecule is Cc1ccccc1-c1ccc(OCCN)cc1. The standard InChI is InChI=1S/C15H17NO/c1-12-4-2-3-5-15(12)13-6-8-14(9-7-13)17-11-10-16/h2-9H,10-11,16H2,1H3. The molecule has 0 aliphatic rings. The fourth-order valence-electron chi connectivity index (χ4n) is 1.80. The second-order valence-corrected chi connectivity index (χ2v) is 3.98. The lowest BCUT2D eigenvalue weighted by Gasteiger charge is -2.08. The second kappa shape index (κ2) is 5.51. The third-order valence-corrected chi connectivity index (χ3v) is 2.70. The van der Waals surface area contributed by atoms with Gasteiger partial charge < -0.3 is 10.5 Å². The van der Waals surface area contributed by atoms with Crippen molar-refractivity contribution in [2.45, 2.75) is 6.92 Å². The van der Waals surface area contributed by atoms with E-state index in [1.54, 1.807) is 0 Å². The number of nitrogens with two attached hydrogens (primary N) is 1. The zero-order valence-corrected chi connectivity index (χ0v) is 10.0. The fourth-order valence-corrected chi connectivity index (χ4v) is 1.80. The quantitative estimate of drug-likeness (QED) is 0.871. The second-order valence-electron chi connectivity index (χ2n) is 3.98. The Bertz CT molecular complexity index is 477. The average Bonchev–Trinajstić information content (AvgIpc) is 2.38. The highest BCUT2D eigenvalue weighted by atomic mass is 16.5. The van der Waals surface area contributed by atoms with Gasteiger partial charge in [-0.15, -0.1) is 0 Å². The van der Waals surface area contributed by atoms with Crippen molar-refractivity contribution in [2.75, 3.05) is 13.2 Å². The van der Waals surface area contributed by atoms with Crippen molar-refractivity contribution < 1.29 is 4.74 Å². The maximum Gasteiger partial charge on any atom is 0.119 e. The van der Waals surface area contributed by atoms with Crippen LogP contribution in [-0.4, -0.2) is 13.2 Å². The van der Waals surface area contributed by atoms with Crippen LogP contribution in [0.2, 0.25) is 0 Å². The van der Waals surface area contributed by atoms with E-state index in [0.29, 0.717) is 13.2 Å². The van der Waals surface area contributed by atoms with Crippen LogP contribution in [-0.2, 0) is 0 Å². The van der Waals surface area contributed by atoms with E-state index in [1.165, 1.54) is 16.7 Å². The van der Waals surface area contributed by atoms with Crippen LogP contribution >= 0.6 is 0 Å². The van der Waals surface area contributed by atoms with Crippen LogP contribution < -0.4 is 10.5 Å². The van der Waals surface area contributed by atoms with E-state index in [0.717, 1.165) is 5.75 Å². The van der Waals surface area contributed by atoms with Gasteiger partial charge in [0.2, 0.25) is 0 Å². The van der Waals surface area contributed by atoms with Crippen LogP contribution in [0.4, 0.5) is 0 Å². The van der Waals surface area contributed by atoms with Crippen molar-refractivity contribution >= 4 is 0 Å². The molecule has 0 aliphatic carbocycles. The van der Waals surface area contributed by atoms with Crippen molar-refractivity contribution in [3.63, 3.8) is 0 Å². The topological polar surface area (TPSA) is 35.2 Å². The molecule has 0 bridgehead atoms. The van der Waals surface area contributed by atoms with Crippen molar-refractivity contribution in [2.24, 2.45) is 5.73 Å². The molecule has 0 saturated carbocycles. The van der Waals surface area contributed by atoms with E-state index in [4.69, 9.17) is 10.5 Å². The molecule has 0 saturated heterocycles. The van der Waals surface area contributed by atoms with Crippen LogP contribution in [0.1, 0.15) is 5.56 Å². The minimum atomic E-state index is 0.541. The zero-order valence-electron chi connectivity index (χ0n) is 10.0. The van der Waals surface area contributed by atoms with Gasteiger partial charge in [-0.2, -0.15) is 0 Å². The molecule has 2 N–H and O–H groups in total. The van der Waals surface area contributed by atoms with Crippen molar-refractivity contribution in [1.29, 1.82) is 0 Å². The van der Waals surface area contributed by atoms with Gasteiger partial charge >= 0.3 is 0 Å². The predicted molar refractivity (Wildman–Crippen MR) is 71.2 cm³/mol. The lowest BCUT2D eigenvalue weighted by molar-refractivity contribution is 0.328. The van der Waals surface area contributed by atoms with Gasteiger partial charge in [0.05, 0.1) is 0 Å². The summed E-state index contributed by atoms with van der Waals surface area (Å²) < 4.78 is 5.45. The van der Waals surface area contributed by atoms with Gasteiger partial charge in [-0.3, -0.25) is 0 Å². The molecule has 0 fully saturated rings. The van der Waals surface area contributed by atoms with Crippen LogP contribution in [0.25, 0.3) is 11.1 Å². The largest absolute Gasteiger partial charge is 0.492 e. The van der Waals surface area contributed by atoms with E-state index in [2.05, 4.69) is 43.3 Å². The van der Waals surface area contributed by atoms with Crippen molar-refractivity contribution in [1.82, 2.24) is 0 Å². The summed E-state index contributed by atoms with van der Waals surface area (Å²) in [6.45, 7) is 3.22. The van der Waals surface area contributed by atoms with Gasteiger partial charge in [0, 0.05) is 6.54 Å². The van der Waals surface area contributed by atoms with Gasteiger partial charge in [0.15, 0.2) is 0 Å². The molecule has 0 atom stereocenters. The zero-order chi connectivity index (χ0) is 12.1. The van der Waals surface area contributed by atoms with Gasteiger partial charge in [-0.1, -0.05) is 36.4 Å².